The maximum absolute atomic E-state index is 14.1. The molecule has 4 atom stereocenters. The van der Waals surface area contributed by atoms with Gasteiger partial charge in [0.2, 0.25) is 0 Å². The quantitative estimate of drug-likeness (QED) is 0.0736. The van der Waals surface area contributed by atoms with Crippen LogP contribution in [0, 0.1) is 22.0 Å². The summed E-state index contributed by atoms with van der Waals surface area (Å²) in [6.07, 6.45) is 0. The Morgan fingerprint density at radius 2 is 1.31 bits per heavy atom. The minimum atomic E-state index is -2.22. The van der Waals surface area contributed by atoms with Crippen LogP contribution >= 0.6 is 92.8 Å². The van der Waals surface area contributed by atoms with Gasteiger partial charge < -0.3 is 4.74 Å². The number of amides is 3. The summed E-state index contributed by atoms with van der Waals surface area (Å²) in [5.41, 5.74) is -0.259. The number of halogens is 8. The molecule has 2 fully saturated rings. The number of carbonyl (C=O) groups is 4. The molecule has 0 aromatic heterocycles. The van der Waals surface area contributed by atoms with Crippen LogP contribution < -0.4 is 4.74 Å². The van der Waals surface area contributed by atoms with Gasteiger partial charge in [-0.1, -0.05) is 69.6 Å². The predicted molar refractivity (Wildman–Crippen MR) is 181 cm³/mol. The van der Waals surface area contributed by atoms with Gasteiger partial charge in [0, 0.05) is 22.7 Å². The van der Waals surface area contributed by atoms with Crippen molar-refractivity contribution in [3.8, 4) is 11.5 Å². The minimum absolute atomic E-state index is 0.0568. The predicted octanol–water partition coefficient (Wildman–Crippen LogP) is 8.38. The largest absolute Gasteiger partial charge is 0.457 e. The van der Waals surface area contributed by atoms with Crippen LogP contribution in [0.4, 0.5) is 5.69 Å². The van der Waals surface area contributed by atoms with Crippen molar-refractivity contribution in [2.24, 2.45) is 11.8 Å². The number of nitro benzene ring substituents is 1. The monoisotopic (exact) mass is 809 g/mol. The molecule has 10 nitrogen and oxygen atoms in total. The summed E-state index contributed by atoms with van der Waals surface area (Å²) in [6.45, 7) is -0.844. The lowest BCUT2D eigenvalue weighted by Gasteiger charge is -2.36. The van der Waals surface area contributed by atoms with Crippen LogP contribution in [-0.4, -0.2) is 59.1 Å². The van der Waals surface area contributed by atoms with Gasteiger partial charge in [0.1, 0.15) is 27.8 Å². The summed E-state index contributed by atoms with van der Waals surface area (Å²) in [5, 5.41) is 11.4. The summed E-state index contributed by atoms with van der Waals surface area (Å²) >= 11 is 51.9. The van der Waals surface area contributed by atoms with Crippen molar-refractivity contribution < 1.29 is 28.8 Å². The number of alkyl halides is 4. The second kappa shape index (κ2) is 12.2. The summed E-state index contributed by atoms with van der Waals surface area (Å²) in [4.78, 5) is 61.9. The highest BCUT2D eigenvalue weighted by Gasteiger charge is 2.88. The van der Waals surface area contributed by atoms with Gasteiger partial charge in [0.05, 0.1) is 37.4 Å². The Kier molecular flexibility index (Phi) is 8.91. The van der Waals surface area contributed by atoms with Crippen molar-refractivity contribution in [1.29, 1.82) is 0 Å². The van der Waals surface area contributed by atoms with Crippen molar-refractivity contribution in [2.45, 2.75) is 14.1 Å². The molecule has 3 aromatic carbocycles. The summed E-state index contributed by atoms with van der Waals surface area (Å²) < 4.78 is 3.47. The maximum Gasteiger partial charge on any atom is 0.274 e. The Morgan fingerprint density at radius 1 is 0.812 bits per heavy atom. The molecule has 0 spiro atoms. The highest BCUT2D eigenvalue weighted by Crippen LogP contribution is 2.77. The van der Waals surface area contributed by atoms with Gasteiger partial charge in [-0.15, -0.1) is 23.2 Å². The number of non-ortho nitro benzene ring substituents is 1. The number of benzene rings is 3. The van der Waals surface area contributed by atoms with Gasteiger partial charge in [-0.3, -0.25) is 29.3 Å². The lowest BCUT2D eigenvalue weighted by atomic mass is 9.84. The zero-order valence-corrected chi connectivity index (χ0v) is 29.5. The normalized spacial score (nSPS) is 25.4. The fourth-order valence-electron chi connectivity index (χ4n) is 5.96. The van der Waals surface area contributed by atoms with Crippen LogP contribution in [-0.2, 0) is 9.59 Å². The number of ether oxygens (including phenoxy) is 1. The molecule has 3 aliphatic rings. The van der Waals surface area contributed by atoms with Gasteiger partial charge in [-0.2, -0.15) is 5.01 Å². The third-order valence-corrected chi connectivity index (χ3v) is 13.1. The van der Waals surface area contributed by atoms with Gasteiger partial charge in [-0.25, -0.2) is 5.01 Å². The number of rotatable bonds is 8. The summed E-state index contributed by atoms with van der Waals surface area (Å²) in [6, 6.07) is 14.9. The van der Waals surface area contributed by atoms with E-state index < -0.39 is 60.9 Å². The van der Waals surface area contributed by atoms with Crippen molar-refractivity contribution in [3.63, 3.8) is 0 Å². The minimum Gasteiger partial charge on any atom is -0.457 e. The van der Waals surface area contributed by atoms with E-state index in [2.05, 4.69) is 0 Å². The molecule has 48 heavy (non-hydrogen) atoms. The molecule has 2 aliphatic carbocycles. The van der Waals surface area contributed by atoms with Gasteiger partial charge in [0.25, 0.3) is 23.4 Å². The molecule has 1 saturated heterocycles. The van der Waals surface area contributed by atoms with E-state index >= 15 is 0 Å². The average Bonchev–Trinajstić information content (AvgIpc) is 3.42. The fourth-order valence-corrected chi connectivity index (χ4v) is 9.38. The van der Waals surface area contributed by atoms with Crippen LogP contribution in [0.25, 0.3) is 0 Å². The molecule has 1 heterocycles. The molecule has 0 unspecified atom stereocenters. The van der Waals surface area contributed by atoms with Crippen LogP contribution in [0.3, 0.4) is 0 Å². The molecular formula is C30H15Cl8N3O7. The number of hydrogen-bond donors (Lipinski definition) is 0. The van der Waals surface area contributed by atoms with E-state index in [0.29, 0.717) is 15.8 Å². The fraction of sp³-hybridized carbons (Fsp3) is 0.200. The number of hydrogen-bond acceptors (Lipinski definition) is 7. The number of ketones is 1. The standard InChI is InChI=1S/C30H15Cl8N3O7/c31-14-3-10-18(19(32)11-14)25(43)39(12-20(42)13-1-6-16(7-2-13)48-17-8-4-15(5-9-17)41(46)47)40-26(44)21-22(27(40)45)29(36)24(34)23(33)28(21,35)30(29,37)38/h1-11,21-22H,12H2/t21-,22-,28+,29+/m0/s1. The third-order valence-electron chi connectivity index (χ3n) is 8.28. The number of nitro groups is 1. The molecule has 3 aromatic rings. The second-order valence-electron chi connectivity index (χ2n) is 10.9. The number of imide groups is 1. The van der Waals surface area contributed by atoms with Crippen LogP contribution in [0.2, 0.25) is 10.0 Å². The zero-order chi connectivity index (χ0) is 35.1. The van der Waals surface area contributed by atoms with E-state index in [1.165, 1.54) is 66.7 Å². The Hall–Kier alpha value is -2.80. The molecule has 6 rings (SSSR count). The number of hydrazine groups is 1. The lowest BCUT2D eigenvalue weighted by Crippen LogP contribution is -2.56. The van der Waals surface area contributed by atoms with Crippen LogP contribution in [0.5, 0.6) is 11.5 Å². The molecule has 18 heteroatoms. The molecule has 1 aliphatic heterocycles. The number of fused-ring (bicyclic) bond motifs is 5. The van der Waals surface area contributed by atoms with Crippen molar-refractivity contribution in [1.82, 2.24) is 10.0 Å². The lowest BCUT2D eigenvalue weighted by molar-refractivity contribution is -0.384. The number of allylic oxidation sites excluding steroid dienone is 2. The third kappa shape index (κ3) is 4.99. The van der Waals surface area contributed by atoms with E-state index in [1.807, 2.05) is 0 Å². The zero-order valence-electron chi connectivity index (χ0n) is 23.4. The molecule has 248 valence electrons. The molecule has 1 saturated carbocycles. The Morgan fingerprint density at radius 3 is 1.79 bits per heavy atom. The summed E-state index contributed by atoms with van der Waals surface area (Å²) in [5.74, 6) is -6.42. The van der Waals surface area contributed by atoms with Gasteiger partial charge >= 0.3 is 0 Å². The van der Waals surface area contributed by atoms with Gasteiger partial charge in [0.15, 0.2) is 10.1 Å². The van der Waals surface area contributed by atoms with Crippen LogP contribution in [0.1, 0.15) is 20.7 Å². The van der Waals surface area contributed by atoms with E-state index in [9.17, 15) is 29.3 Å². The highest BCUT2D eigenvalue weighted by atomic mass is 35.5. The maximum atomic E-state index is 14.1. The molecular weight excluding hydrogens is 798 g/mol. The SMILES string of the molecule is O=C(CN(C(=O)c1ccc(Cl)cc1Cl)N1C(=O)[C@@H]2[C@@H](C1=O)[C@@]1(Cl)C(Cl)=C(Cl)[C@@]2(Cl)C1(Cl)Cl)c1ccc(Oc2ccc([N+](=O)[O-])cc2)cc1. The Labute approximate surface area is 311 Å². The first kappa shape index (κ1) is 35.0. The molecule has 3 amide bonds. The average molecular weight is 813 g/mol. The molecule has 2 bridgehead atoms. The van der Waals surface area contributed by atoms with Crippen LogP contribution in [0.15, 0.2) is 76.8 Å². The van der Waals surface area contributed by atoms with Crippen molar-refractivity contribution >= 4 is 122 Å². The second-order valence-corrected chi connectivity index (χ2v) is 15.0. The first-order valence-electron chi connectivity index (χ1n) is 13.5. The first-order valence-corrected chi connectivity index (χ1v) is 16.5. The van der Waals surface area contributed by atoms with E-state index in [-0.39, 0.29) is 42.7 Å². The van der Waals surface area contributed by atoms with Crippen molar-refractivity contribution in [2.75, 3.05) is 6.54 Å². The highest BCUT2D eigenvalue weighted by molar-refractivity contribution is 6.66. The number of nitrogens with zero attached hydrogens (tertiary/aromatic N) is 3. The van der Waals surface area contributed by atoms with Crippen molar-refractivity contribution in [3.05, 3.63) is 108 Å². The Balaban J connectivity index is 1.33. The topological polar surface area (TPSA) is 127 Å². The van der Waals surface area contributed by atoms with E-state index in [1.54, 1.807) is 0 Å². The molecule has 0 radical (unpaired) electrons. The van der Waals surface area contributed by atoms with E-state index in [0.717, 1.165) is 0 Å². The van der Waals surface area contributed by atoms with E-state index in [4.69, 9.17) is 97.5 Å². The Bertz CT molecular complexity index is 1930. The van der Waals surface area contributed by atoms with Gasteiger partial charge in [-0.05, 0) is 54.6 Å². The summed E-state index contributed by atoms with van der Waals surface area (Å²) in [7, 11) is 0. The molecule has 0 N–H and O–H groups in total. The first-order chi connectivity index (χ1) is 22.5. The number of Topliss-reactive ketones (excluding diaryl/α,β-unsaturated/α-hetero) is 1. The smallest absolute Gasteiger partial charge is 0.274 e. The number of carbonyl (C=O) groups excluding carboxylic acids is 4.